The van der Waals surface area contributed by atoms with Gasteiger partial charge in [-0.15, -0.1) is 0 Å². The molecule has 1 amide bonds. The summed E-state index contributed by atoms with van der Waals surface area (Å²) >= 11 is 6.15. The van der Waals surface area contributed by atoms with Crippen LogP contribution in [-0.4, -0.2) is 26.6 Å². The first-order valence-electron chi connectivity index (χ1n) is 8.02. The van der Waals surface area contributed by atoms with Crippen LogP contribution in [0.4, 0.5) is 19.0 Å². The summed E-state index contributed by atoms with van der Waals surface area (Å²) in [5, 5.41) is 0.407. The van der Waals surface area contributed by atoms with Crippen LogP contribution in [0.25, 0.3) is 22.5 Å². The number of nitrogen functional groups attached to an aromatic ring is 1. The van der Waals surface area contributed by atoms with E-state index in [0.29, 0.717) is 16.1 Å². The maximum absolute atomic E-state index is 13.3. The quantitative estimate of drug-likeness (QED) is 0.684. The standard InChI is InChI=1S/C18H15ClF3N5O/c1-9-10(3-2-4-12(9)19)11-5-14(13-6-15(23)26-8-25-13)27(7-18(20,21)22)16(11)17(24)28/h2-6,8H,7H2,1H3,(H2,24,28)(H2,23,25,26). The maximum atomic E-state index is 13.3. The molecule has 0 aliphatic rings. The molecule has 0 saturated carbocycles. The minimum absolute atomic E-state index is 0.0367. The summed E-state index contributed by atoms with van der Waals surface area (Å²) < 4.78 is 40.6. The Kier molecular flexibility index (Phi) is 5.03. The summed E-state index contributed by atoms with van der Waals surface area (Å²) in [4.78, 5) is 19.9. The van der Waals surface area contributed by atoms with E-state index >= 15 is 0 Å². The zero-order chi connectivity index (χ0) is 20.6. The van der Waals surface area contributed by atoms with Gasteiger partial charge in [0.15, 0.2) is 0 Å². The Bertz CT molecular complexity index is 1060. The van der Waals surface area contributed by atoms with Crippen LogP contribution in [0.5, 0.6) is 0 Å². The summed E-state index contributed by atoms with van der Waals surface area (Å²) in [6, 6.07) is 7.68. The minimum atomic E-state index is -4.60. The lowest BCUT2D eigenvalue weighted by Crippen LogP contribution is -2.25. The van der Waals surface area contributed by atoms with Crippen LogP contribution in [0.1, 0.15) is 16.1 Å². The number of nitrogens with two attached hydrogens (primary N) is 2. The van der Waals surface area contributed by atoms with Gasteiger partial charge in [-0.05, 0) is 30.2 Å². The highest BCUT2D eigenvalue weighted by Crippen LogP contribution is 2.37. The number of hydrogen-bond donors (Lipinski definition) is 2. The summed E-state index contributed by atoms with van der Waals surface area (Å²) in [7, 11) is 0. The Morgan fingerprint density at radius 1 is 1.21 bits per heavy atom. The van der Waals surface area contributed by atoms with E-state index < -0.39 is 18.6 Å². The lowest BCUT2D eigenvalue weighted by Gasteiger charge is -2.15. The third-order valence-electron chi connectivity index (χ3n) is 4.18. The number of primary amides is 1. The zero-order valence-corrected chi connectivity index (χ0v) is 15.3. The maximum Gasteiger partial charge on any atom is 0.406 e. The van der Waals surface area contributed by atoms with Gasteiger partial charge in [0.25, 0.3) is 5.91 Å². The van der Waals surface area contributed by atoms with E-state index in [-0.39, 0.29) is 28.5 Å². The molecule has 10 heteroatoms. The fraction of sp³-hybridized carbons (Fsp3) is 0.167. The molecule has 3 aromatic rings. The number of benzene rings is 1. The van der Waals surface area contributed by atoms with E-state index in [2.05, 4.69) is 9.97 Å². The second kappa shape index (κ2) is 7.16. The predicted molar refractivity (Wildman–Crippen MR) is 99.6 cm³/mol. The molecule has 0 saturated heterocycles. The number of rotatable bonds is 4. The molecule has 0 atom stereocenters. The van der Waals surface area contributed by atoms with E-state index in [0.717, 1.165) is 10.9 Å². The first-order chi connectivity index (χ1) is 13.1. The van der Waals surface area contributed by atoms with Crippen molar-refractivity contribution in [3.05, 3.63) is 52.9 Å². The molecular weight excluding hydrogens is 395 g/mol. The molecule has 1 aromatic carbocycles. The molecule has 0 radical (unpaired) electrons. The van der Waals surface area contributed by atoms with Gasteiger partial charge in [-0.2, -0.15) is 13.2 Å². The molecule has 28 heavy (non-hydrogen) atoms. The van der Waals surface area contributed by atoms with Gasteiger partial charge in [-0.25, -0.2) is 9.97 Å². The fourth-order valence-electron chi connectivity index (χ4n) is 2.99. The molecular formula is C18H15ClF3N5O. The van der Waals surface area contributed by atoms with Crippen LogP contribution in [0.3, 0.4) is 0 Å². The zero-order valence-electron chi connectivity index (χ0n) is 14.6. The molecule has 4 N–H and O–H groups in total. The number of anilines is 1. The van der Waals surface area contributed by atoms with Crippen LogP contribution in [-0.2, 0) is 6.54 Å². The Balaban J connectivity index is 2.36. The molecule has 0 aliphatic heterocycles. The summed E-state index contributed by atoms with van der Waals surface area (Å²) in [5.74, 6) is -0.933. The SMILES string of the molecule is Cc1c(Cl)cccc1-c1cc(-c2cc(N)ncn2)n(CC(F)(F)F)c1C(N)=O. The predicted octanol–water partition coefficient (Wildman–Crippen LogP) is 3.82. The molecule has 0 aliphatic carbocycles. The monoisotopic (exact) mass is 409 g/mol. The van der Waals surface area contributed by atoms with Crippen molar-refractivity contribution in [2.45, 2.75) is 19.6 Å². The van der Waals surface area contributed by atoms with Crippen molar-refractivity contribution in [3.8, 4) is 22.5 Å². The van der Waals surface area contributed by atoms with Gasteiger partial charge < -0.3 is 16.0 Å². The molecule has 2 aromatic heterocycles. The Hall–Kier alpha value is -3.07. The van der Waals surface area contributed by atoms with Crippen LogP contribution in [0.2, 0.25) is 5.02 Å². The number of nitrogens with zero attached hydrogens (tertiary/aromatic N) is 3. The summed E-state index contributed by atoms with van der Waals surface area (Å²) in [5.41, 5.74) is 12.3. The highest BCUT2D eigenvalue weighted by molar-refractivity contribution is 6.31. The first-order valence-corrected chi connectivity index (χ1v) is 8.39. The molecule has 2 heterocycles. The van der Waals surface area contributed by atoms with Gasteiger partial charge in [0.2, 0.25) is 0 Å². The van der Waals surface area contributed by atoms with Gasteiger partial charge >= 0.3 is 6.18 Å². The third-order valence-corrected chi connectivity index (χ3v) is 4.59. The van der Waals surface area contributed by atoms with Crippen molar-refractivity contribution in [3.63, 3.8) is 0 Å². The lowest BCUT2D eigenvalue weighted by molar-refractivity contribution is -0.140. The van der Waals surface area contributed by atoms with Gasteiger partial charge in [0, 0.05) is 16.7 Å². The van der Waals surface area contributed by atoms with Crippen LogP contribution >= 0.6 is 11.6 Å². The van der Waals surface area contributed by atoms with Crippen molar-refractivity contribution in [2.24, 2.45) is 5.73 Å². The Morgan fingerprint density at radius 3 is 2.54 bits per heavy atom. The second-order valence-corrected chi connectivity index (χ2v) is 6.51. The smallest absolute Gasteiger partial charge is 0.384 e. The number of hydrogen-bond acceptors (Lipinski definition) is 4. The van der Waals surface area contributed by atoms with Crippen LogP contribution in [0, 0.1) is 6.92 Å². The van der Waals surface area contributed by atoms with Crippen LogP contribution in [0.15, 0.2) is 36.7 Å². The second-order valence-electron chi connectivity index (χ2n) is 6.10. The fourth-order valence-corrected chi connectivity index (χ4v) is 3.16. The summed E-state index contributed by atoms with van der Waals surface area (Å²) in [6.45, 7) is 0.274. The summed E-state index contributed by atoms with van der Waals surface area (Å²) in [6.07, 6.45) is -3.47. The molecule has 0 fully saturated rings. The van der Waals surface area contributed by atoms with Gasteiger partial charge in [0.05, 0.1) is 11.4 Å². The Morgan fingerprint density at radius 2 is 1.93 bits per heavy atom. The lowest BCUT2D eigenvalue weighted by atomic mass is 10.00. The highest BCUT2D eigenvalue weighted by atomic mass is 35.5. The van der Waals surface area contributed by atoms with Crippen molar-refractivity contribution in [2.75, 3.05) is 5.73 Å². The molecule has 0 spiro atoms. The number of amides is 1. The van der Waals surface area contributed by atoms with E-state index in [9.17, 15) is 18.0 Å². The van der Waals surface area contributed by atoms with E-state index in [1.807, 2.05) is 0 Å². The van der Waals surface area contributed by atoms with Crippen molar-refractivity contribution in [1.29, 1.82) is 0 Å². The molecule has 6 nitrogen and oxygen atoms in total. The van der Waals surface area contributed by atoms with Crippen LogP contribution < -0.4 is 11.5 Å². The Labute approximate surface area is 163 Å². The van der Waals surface area contributed by atoms with Gasteiger partial charge in [-0.1, -0.05) is 23.7 Å². The molecule has 3 rings (SSSR count). The highest BCUT2D eigenvalue weighted by Gasteiger charge is 2.33. The molecule has 0 bridgehead atoms. The average Bonchev–Trinajstić information content (AvgIpc) is 2.94. The van der Waals surface area contributed by atoms with Crippen molar-refractivity contribution in [1.82, 2.24) is 14.5 Å². The van der Waals surface area contributed by atoms with Crippen molar-refractivity contribution < 1.29 is 18.0 Å². The minimum Gasteiger partial charge on any atom is -0.384 e. The molecule has 0 unspecified atom stereocenters. The number of aromatic nitrogens is 3. The first kappa shape index (κ1) is 19.7. The van der Waals surface area contributed by atoms with Crippen molar-refractivity contribution >= 4 is 23.3 Å². The normalized spacial score (nSPS) is 11.6. The number of carbonyl (C=O) groups excluding carboxylic acids is 1. The number of carbonyl (C=O) groups is 1. The third kappa shape index (κ3) is 3.79. The molecule has 146 valence electrons. The van der Waals surface area contributed by atoms with E-state index in [4.69, 9.17) is 23.1 Å². The van der Waals surface area contributed by atoms with Gasteiger partial charge in [-0.3, -0.25) is 4.79 Å². The van der Waals surface area contributed by atoms with Gasteiger partial charge in [0.1, 0.15) is 24.4 Å². The number of halogens is 4. The topological polar surface area (TPSA) is 99.8 Å². The van der Waals surface area contributed by atoms with E-state index in [1.165, 1.54) is 12.1 Å². The average molecular weight is 410 g/mol. The number of alkyl halides is 3. The van der Waals surface area contributed by atoms with E-state index in [1.54, 1.807) is 25.1 Å². The largest absolute Gasteiger partial charge is 0.406 e.